The number of hydrogen-bond acceptors (Lipinski definition) is 41. The van der Waals surface area contributed by atoms with Gasteiger partial charge in [-0.2, -0.15) is 0 Å². The summed E-state index contributed by atoms with van der Waals surface area (Å²) in [5, 5.41) is 234. The monoisotopic (exact) mass is 1340 g/mol. The third-order valence-electron chi connectivity index (χ3n) is 17.2. The molecule has 10 fully saturated rings. The van der Waals surface area contributed by atoms with Crippen LogP contribution in [0.2, 0.25) is 0 Å². The molecule has 22 N–H and O–H groups in total. The highest BCUT2D eigenvalue weighted by Crippen LogP contribution is 2.35. The summed E-state index contributed by atoms with van der Waals surface area (Å²) in [6, 6.07) is 0. The molecule has 0 amide bonds. The molecule has 0 spiro atoms. The average Bonchev–Trinajstić information content (AvgIpc) is 1.34. The van der Waals surface area contributed by atoms with Gasteiger partial charge in [0, 0.05) is 0 Å². The molecule has 0 aromatic rings. The van der Waals surface area contributed by atoms with Crippen molar-refractivity contribution in [2.45, 2.75) is 246 Å². The van der Waals surface area contributed by atoms with Crippen molar-refractivity contribution in [3.63, 3.8) is 0 Å². The van der Waals surface area contributed by atoms with Gasteiger partial charge in [-0.3, -0.25) is 0 Å². The fraction of sp³-hybridized carbons (Fsp3) is 1.00. The molecule has 10 heterocycles. The standard InChI is InChI=1S/C50H82O41/c51-11-1-74-42(32(63)21(11)52)84-13-3-76-44(34(65)23(13)54)86-15-5-78-46(36(67)25(15)56)88-17-7-80-48(38(69)27(17)58)90-19-9-82-50(40(71)29(19)60)91-20-10-81-49(39(70)30(20)61)89-18-8-79-47(37(68)28(18)59)87-16-6-77-45(35(66)26(16)57)85-14-4-75-43(33(64)24(14)55)83-12-2-73-41(72)31(62)22(12)53/h11-72H,1-10H2/t11-,12-,13-,14-,15-,16-,17-,18-,19-,20-,21+,22+,23+,24+,25+,26+,27+,28+,29+,30+,31?,32?,33?,34?,35?,36?,37?,38?,39?,40?,41-,42+,43-,44+,45-,46-,47-,48-,49-,50-/m1/s1. The second-order valence-electron chi connectivity index (χ2n) is 23.5. The van der Waals surface area contributed by atoms with Gasteiger partial charge in [-0.1, -0.05) is 0 Å². The Labute approximate surface area is 513 Å². The Hall–Kier alpha value is -1.64. The van der Waals surface area contributed by atoms with E-state index in [2.05, 4.69) is 0 Å². The maximum absolute atomic E-state index is 11.1. The number of ether oxygens (including phenoxy) is 19. The summed E-state index contributed by atoms with van der Waals surface area (Å²) in [6.45, 7) is -5.01. The van der Waals surface area contributed by atoms with Crippen LogP contribution in [-0.2, 0) is 90.0 Å². The van der Waals surface area contributed by atoms with Gasteiger partial charge in [0.1, 0.15) is 183 Å². The quantitative estimate of drug-likeness (QED) is 0.0606. The van der Waals surface area contributed by atoms with E-state index in [1.54, 1.807) is 0 Å². The highest BCUT2D eigenvalue weighted by Gasteiger charge is 2.55. The molecule has 0 bridgehead atoms. The van der Waals surface area contributed by atoms with Gasteiger partial charge >= 0.3 is 0 Å². The Bertz CT molecular complexity index is 2090. The van der Waals surface area contributed by atoms with E-state index >= 15 is 0 Å². The minimum atomic E-state index is -1.94. The average molecular weight is 1340 g/mol. The van der Waals surface area contributed by atoms with E-state index in [-0.39, 0.29) is 0 Å². The molecule has 41 heteroatoms. The predicted octanol–water partition coefficient (Wildman–Crippen LogP) is -16.4. The Morgan fingerprint density at radius 3 is 0.484 bits per heavy atom. The van der Waals surface area contributed by atoms with E-state index in [0.29, 0.717) is 0 Å². The van der Waals surface area contributed by atoms with Crippen LogP contribution in [0.5, 0.6) is 0 Å². The van der Waals surface area contributed by atoms with Crippen LogP contribution in [0.25, 0.3) is 0 Å². The lowest BCUT2D eigenvalue weighted by molar-refractivity contribution is -0.370. The molecule has 0 aliphatic carbocycles. The lowest BCUT2D eigenvalue weighted by Gasteiger charge is -2.46. The molecule has 0 aromatic heterocycles. The minimum Gasteiger partial charge on any atom is -0.388 e. The zero-order valence-electron chi connectivity index (χ0n) is 47.8. The van der Waals surface area contributed by atoms with Gasteiger partial charge in [0.2, 0.25) is 0 Å². The largest absolute Gasteiger partial charge is 0.388 e. The molecule has 10 saturated heterocycles. The van der Waals surface area contributed by atoms with Gasteiger partial charge in [-0.15, -0.1) is 0 Å². The fourth-order valence-electron chi connectivity index (χ4n) is 11.4. The van der Waals surface area contributed by atoms with Crippen molar-refractivity contribution in [2.75, 3.05) is 66.1 Å². The molecular formula is C50H82O41. The second kappa shape index (κ2) is 31.1. The van der Waals surface area contributed by atoms with Gasteiger partial charge in [0.25, 0.3) is 0 Å². The third kappa shape index (κ3) is 15.8. The van der Waals surface area contributed by atoms with Crippen LogP contribution >= 0.6 is 0 Å². The van der Waals surface area contributed by atoms with Crippen LogP contribution in [0.1, 0.15) is 0 Å². The smallest absolute Gasteiger partial charge is 0.186 e. The summed E-state index contributed by atoms with van der Waals surface area (Å²) < 4.78 is 105. The Balaban J connectivity index is 0.611. The molecule has 0 saturated carbocycles. The molecule has 10 aliphatic rings. The molecule has 10 aliphatic heterocycles. The maximum Gasteiger partial charge on any atom is 0.186 e. The summed E-state index contributed by atoms with van der Waals surface area (Å²) in [5.41, 5.74) is 0. The first-order valence-corrected chi connectivity index (χ1v) is 29.2. The summed E-state index contributed by atoms with van der Waals surface area (Å²) in [4.78, 5) is 0. The molecular weight excluding hydrogens is 1260 g/mol. The van der Waals surface area contributed by atoms with Crippen molar-refractivity contribution in [2.24, 2.45) is 0 Å². The van der Waals surface area contributed by atoms with Crippen LogP contribution in [0.15, 0.2) is 0 Å². The van der Waals surface area contributed by atoms with E-state index in [0.717, 1.165) is 0 Å². The summed E-state index contributed by atoms with van der Waals surface area (Å²) in [5.74, 6) is 0. The number of hydrogen-bond donors (Lipinski definition) is 22. The predicted molar refractivity (Wildman–Crippen MR) is 270 cm³/mol. The lowest BCUT2D eigenvalue weighted by Crippen LogP contribution is -2.63. The van der Waals surface area contributed by atoms with Crippen LogP contribution in [-0.4, -0.2) is 424 Å². The Morgan fingerprint density at radius 1 is 0.154 bits per heavy atom. The Kier molecular flexibility index (Phi) is 24.6. The normalized spacial score (nSPS) is 54.7. The first kappa shape index (κ1) is 72.1. The van der Waals surface area contributed by atoms with Crippen molar-refractivity contribution >= 4 is 0 Å². The molecule has 0 aromatic carbocycles. The number of aliphatic hydroxyl groups is 22. The number of rotatable bonds is 18. The topological polar surface area (TPSA) is 620 Å². The highest BCUT2D eigenvalue weighted by molar-refractivity contribution is 4.96. The van der Waals surface area contributed by atoms with E-state index in [1.165, 1.54) is 0 Å². The van der Waals surface area contributed by atoms with E-state index in [4.69, 9.17) is 90.0 Å². The van der Waals surface area contributed by atoms with E-state index in [1.807, 2.05) is 0 Å². The summed E-state index contributed by atoms with van der Waals surface area (Å²) in [7, 11) is 0. The highest BCUT2D eigenvalue weighted by atomic mass is 16.8. The van der Waals surface area contributed by atoms with Crippen molar-refractivity contribution in [3.05, 3.63) is 0 Å². The van der Waals surface area contributed by atoms with Crippen molar-refractivity contribution < 1.29 is 202 Å². The van der Waals surface area contributed by atoms with Gasteiger partial charge in [-0.05, 0) is 0 Å². The van der Waals surface area contributed by atoms with Gasteiger partial charge < -0.3 is 202 Å². The van der Waals surface area contributed by atoms with Gasteiger partial charge in [-0.25, -0.2) is 0 Å². The maximum atomic E-state index is 11.1. The number of aliphatic hydroxyl groups excluding tert-OH is 22. The SMILES string of the molecule is OC1[C@H](O[C@@H]2CO[C@@H](O[C@@H]3CO[C@H](O[C@@H]4CO[C@H](O[C@@H]5CO[C@H](O[C@@H]6CO[C@H](O[C@@H]7CO[C@H](O[C@@H]8CO[C@H](O[C@@H]9CO[C@H](O[C@@H]%10CO[C@@H](O)C(O)[C@H]%10O)C(O)[C@H]9O)C(O)[C@H]8O)C(O)[C@H]7O)C(O)[C@H]6O)C(O)[C@H]5O)C(O)[C@H]4O)C(O)[C@H]3O)C(O)[C@H]2O)OC[C@@H](O)[C@@H]1O. The van der Waals surface area contributed by atoms with Crippen molar-refractivity contribution in [1.29, 1.82) is 0 Å². The van der Waals surface area contributed by atoms with Crippen molar-refractivity contribution in [1.82, 2.24) is 0 Å². The van der Waals surface area contributed by atoms with Crippen LogP contribution in [0, 0.1) is 0 Å². The lowest BCUT2D eigenvalue weighted by atomic mass is 10.0. The van der Waals surface area contributed by atoms with Gasteiger partial charge in [0.05, 0.1) is 66.1 Å². The van der Waals surface area contributed by atoms with Gasteiger partial charge in [0.15, 0.2) is 62.9 Å². The molecule has 91 heavy (non-hydrogen) atoms. The first-order chi connectivity index (χ1) is 43.2. The molecule has 528 valence electrons. The Morgan fingerprint density at radius 2 is 0.297 bits per heavy atom. The van der Waals surface area contributed by atoms with Crippen LogP contribution < -0.4 is 0 Å². The van der Waals surface area contributed by atoms with E-state index in [9.17, 15) is 112 Å². The van der Waals surface area contributed by atoms with Crippen LogP contribution in [0.4, 0.5) is 0 Å². The fourth-order valence-corrected chi connectivity index (χ4v) is 11.4. The molecule has 0 radical (unpaired) electrons. The molecule has 40 atom stereocenters. The first-order valence-electron chi connectivity index (χ1n) is 29.2. The zero-order valence-corrected chi connectivity index (χ0v) is 47.8. The third-order valence-corrected chi connectivity index (χ3v) is 17.2. The molecule has 10 unspecified atom stereocenters. The van der Waals surface area contributed by atoms with E-state index < -0.39 is 312 Å². The minimum absolute atomic E-state index is 0.397. The molecule has 10 rings (SSSR count). The van der Waals surface area contributed by atoms with Crippen molar-refractivity contribution in [3.8, 4) is 0 Å². The zero-order chi connectivity index (χ0) is 65.6. The molecule has 41 nitrogen and oxygen atoms in total. The van der Waals surface area contributed by atoms with Crippen LogP contribution in [0.3, 0.4) is 0 Å². The summed E-state index contributed by atoms with van der Waals surface area (Å²) >= 11 is 0. The second-order valence-corrected chi connectivity index (χ2v) is 23.5. The summed E-state index contributed by atoms with van der Waals surface area (Å²) in [6.07, 6.45) is -66.8.